The molecule has 0 radical (unpaired) electrons. The van der Waals surface area contributed by atoms with Crippen molar-refractivity contribution in [1.29, 1.82) is 0 Å². The summed E-state index contributed by atoms with van der Waals surface area (Å²) < 4.78 is 16.7. The molecule has 30 heavy (non-hydrogen) atoms. The standard InChI is InChI=1S/C25H29NO4/c1-5-6-7-8-11-29-22-10-9-19(16-23(22)28-4)15-21-25(27)30-24(26-21)20-13-17(2)12-18(3)14-20/h9-10,12-16H,5-8,11H2,1-4H3. The highest BCUT2D eigenvalue weighted by Crippen LogP contribution is 2.30. The highest BCUT2D eigenvalue weighted by atomic mass is 16.6. The highest BCUT2D eigenvalue weighted by molar-refractivity contribution is 6.13. The number of cyclic esters (lactones) is 1. The van der Waals surface area contributed by atoms with Crippen molar-refractivity contribution in [2.24, 2.45) is 4.99 Å². The van der Waals surface area contributed by atoms with Crippen LogP contribution in [0.25, 0.3) is 6.08 Å². The van der Waals surface area contributed by atoms with Crippen LogP contribution in [0, 0.1) is 13.8 Å². The molecule has 0 saturated carbocycles. The average molecular weight is 408 g/mol. The molecule has 2 aromatic rings. The van der Waals surface area contributed by atoms with Crippen LogP contribution < -0.4 is 9.47 Å². The molecule has 0 fully saturated rings. The first kappa shape index (κ1) is 21.6. The van der Waals surface area contributed by atoms with Gasteiger partial charge in [0, 0.05) is 5.56 Å². The van der Waals surface area contributed by atoms with E-state index in [2.05, 4.69) is 18.0 Å². The minimum Gasteiger partial charge on any atom is -0.493 e. The van der Waals surface area contributed by atoms with Gasteiger partial charge in [0.05, 0.1) is 13.7 Å². The molecule has 0 N–H and O–H groups in total. The quantitative estimate of drug-likeness (QED) is 0.308. The molecule has 0 aromatic heterocycles. The first-order chi connectivity index (χ1) is 14.5. The molecular formula is C25H29NO4. The molecule has 0 saturated heterocycles. The van der Waals surface area contributed by atoms with Gasteiger partial charge in [-0.2, -0.15) is 0 Å². The lowest BCUT2D eigenvalue weighted by atomic mass is 10.1. The number of esters is 1. The summed E-state index contributed by atoms with van der Waals surface area (Å²) in [6.07, 6.45) is 6.29. The van der Waals surface area contributed by atoms with Crippen molar-refractivity contribution < 1.29 is 19.0 Å². The van der Waals surface area contributed by atoms with Crippen molar-refractivity contribution in [1.82, 2.24) is 0 Å². The van der Waals surface area contributed by atoms with E-state index in [1.165, 1.54) is 12.8 Å². The zero-order valence-electron chi connectivity index (χ0n) is 18.2. The zero-order valence-corrected chi connectivity index (χ0v) is 18.2. The third-order valence-electron chi connectivity index (χ3n) is 4.84. The van der Waals surface area contributed by atoms with Gasteiger partial charge in [-0.15, -0.1) is 0 Å². The number of carbonyl (C=O) groups excluding carboxylic acids is 1. The van der Waals surface area contributed by atoms with Crippen LogP contribution in [-0.2, 0) is 9.53 Å². The van der Waals surface area contributed by atoms with E-state index >= 15 is 0 Å². The van der Waals surface area contributed by atoms with Gasteiger partial charge in [-0.25, -0.2) is 9.79 Å². The van der Waals surface area contributed by atoms with Crippen LogP contribution in [0.15, 0.2) is 47.1 Å². The van der Waals surface area contributed by atoms with E-state index in [-0.39, 0.29) is 5.70 Å². The van der Waals surface area contributed by atoms with Crippen LogP contribution in [0.4, 0.5) is 0 Å². The second-order valence-corrected chi connectivity index (χ2v) is 7.53. The molecule has 158 valence electrons. The number of aliphatic imine (C=N–C) groups is 1. The second-order valence-electron chi connectivity index (χ2n) is 7.53. The number of methoxy groups -OCH3 is 1. The number of rotatable bonds is 9. The van der Waals surface area contributed by atoms with Crippen LogP contribution >= 0.6 is 0 Å². The molecule has 0 unspecified atom stereocenters. The highest BCUT2D eigenvalue weighted by Gasteiger charge is 2.24. The van der Waals surface area contributed by atoms with Crippen LogP contribution in [-0.4, -0.2) is 25.6 Å². The Hall–Kier alpha value is -3.08. The number of aryl methyl sites for hydroxylation is 2. The Labute approximate surface area is 178 Å². The summed E-state index contributed by atoms with van der Waals surface area (Å²) >= 11 is 0. The van der Waals surface area contributed by atoms with Gasteiger partial charge >= 0.3 is 5.97 Å². The number of hydrogen-bond donors (Lipinski definition) is 0. The SMILES string of the molecule is CCCCCCOc1ccc(C=C2N=C(c3cc(C)cc(C)c3)OC2=O)cc1OC. The molecule has 3 rings (SSSR count). The van der Waals surface area contributed by atoms with Crippen molar-refractivity contribution in [3.8, 4) is 11.5 Å². The molecule has 1 heterocycles. The molecule has 5 heteroatoms. The maximum absolute atomic E-state index is 12.3. The largest absolute Gasteiger partial charge is 0.493 e. The lowest BCUT2D eigenvalue weighted by Gasteiger charge is -2.11. The fourth-order valence-corrected chi connectivity index (χ4v) is 3.39. The van der Waals surface area contributed by atoms with Crippen molar-refractivity contribution in [2.45, 2.75) is 46.5 Å². The number of unbranched alkanes of at least 4 members (excludes halogenated alkanes) is 3. The molecule has 0 spiro atoms. The Morgan fingerprint density at radius 2 is 1.77 bits per heavy atom. The Morgan fingerprint density at radius 3 is 2.47 bits per heavy atom. The molecule has 5 nitrogen and oxygen atoms in total. The Balaban J connectivity index is 1.76. The summed E-state index contributed by atoms with van der Waals surface area (Å²) in [6, 6.07) is 11.6. The van der Waals surface area contributed by atoms with Crippen molar-refractivity contribution in [3.63, 3.8) is 0 Å². The average Bonchev–Trinajstić information content (AvgIpc) is 3.08. The van der Waals surface area contributed by atoms with Crippen LogP contribution in [0.5, 0.6) is 11.5 Å². The second kappa shape index (κ2) is 10.1. The van der Waals surface area contributed by atoms with E-state index in [1.54, 1.807) is 13.2 Å². The molecule has 0 bridgehead atoms. The number of nitrogens with zero attached hydrogens (tertiary/aromatic N) is 1. The normalized spacial score (nSPS) is 14.6. The molecular weight excluding hydrogens is 378 g/mol. The Kier molecular flexibility index (Phi) is 7.28. The maximum atomic E-state index is 12.3. The van der Waals surface area contributed by atoms with Gasteiger partial charge in [-0.05, 0) is 56.2 Å². The number of ether oxygens (including phenoxy) is 3. The maximum Gasteiger partial charge on any atom is 0.363 e. The summed E-state index contributed by atoms with van der Waals surface area (Å²) in [5, 5.41) is 0. The van der Waals surface area contributed by atoms with Gasteiger partial charge in [0.1, 0.15) is 0 Å². The van der Waals surface area contributed by atoms with Gasteiger partial charge in [0.25, 0.3) is 0 Å². The fourth-order valence-electron chi connectivity index (χ4n) is 3.39. The summed E-state index contributed by atoms with van der Waals surface area (Å²) in [5.41, 5.74) is 4.04. The van der Waals surface area contributed by atoms with Gasteiger partial charge in [-0.1, -0.05) is 49.4 Å². The topological polar surface area (TPSA) is 57.1 Å². The van der Waals surface area contributed by atoms with Crippen LogP contribution in [0.3, 0.4) is 0 Å². The van der Waals surface area contributed by atoms with E-state index in [4.69, 9.17) is 14.2 Å². The van der Waals surface area contributed by atoms with E-state index < -0.39 is 5.97 Å². The summed E-state index contributed by atoms with van der Waals surface area (Å²) in [4.78, 5) is 16.7. The molecule has 2 aromatic carbocycles. The third kappa shape index (κ3) is 5.50. The van der Waals surface area contributed by atoms with E-state index in [0.717, 1.165) is 35.1 Å². The Morgan fingerprint density at radius 1 is 1.00 bits per heavy atom. The molecule has 0 aliphatic carbocycles. The smallest absolute Gasteiger partial charge is 0.363 e. The van der Waals surface area contributed by atoms with Gasteiger partial charge in [-0.3, -0.25) is 0 Å². The fraction of sp³-hybridized carbons (Fsp3) is 0.360. The van der Waals surface area contributed by atoms with Crippen molar-refractivity contribution in [2.75, 3.05) is 13.7 Å². The molecule has 1 aliphatic rings. The molecule has 0 amide bonds. The van der Waals surface area contributed by atoms with E-state index in [0.29, 0.717) is 24.0 Å². The third-order valence-corrected chi connectivity index (χ3v) is 4.84. The van der Waals surface area contributed by atoms with Gasteiger partial charge < -0.3 is 14.2 Å². The van der Waals surface area contributed by atoms with Gasteiger partial charge in [0.2, 0.25) is 5.90 Å². The summed E-state index contributed by atoms with van der Waals surface area (Å²) in [5.74, 6) is 1.20. The predicted octanol–water partition coefficient (Wildman–Crippen LogP) is 5.62. The minimum absolute atomic E-state index is 0.263. The summed E-state index contributed by atoms with van der Waals surface area (Å²) in [7, 11) is 1.61. The minimum atomic E-state index is -0.459. The molecule has 0 atom stereocenters. The van der Waals surface area contributed by atoms with E-state index in [1.807, 2.05) is 44.2 Å². The number of carbonyl (C=O) groups is 1. The first-order valence-electron chi connectivity index (χ1n) is 10.4. The molecule has 1 aliphatic heterocycles. The zero-order chi connectivity index (χ0) is 21.5. The number of benzene rings is 2. The first-order valence-corrected chi connectivity index (χ1v) is 10.4. The van der Waals surface area contributed by atoms with E-state index in [9.17, 15) is 4.79 Å². The van der Waals surface area contributed by atoms with Gasteiger partial charge in [0.15, 0.2) is 17.2 Å². The van der Waals surface area contributed by atoms with Crippen molar-refractivity contribution >= 4 is 17.9 Å². The lowest BCUT2D eigenvalue weighted by molar-refractivity contribution is -0.129. The lowest BCUT2D eigenvalue weighted by Crippen LogP contribution is -2.06. The predicted molar refractivity (Wildman–Crippen MR) is 119 cm³/mol. The summed E-state index contributed by atoms with van der Waals surface area (Å²) in [6.45, 7) is 6.85. The number of hydrogen-bond acceptors (Lipinski definition) is 5. The van der Waals surface area contributed by atoms with Crippen molar-refractivity contribution in [3.05, 3.63) is 64.3 Å². The monoisotopic (exact) mass is 407 g/mol. The Bertz CT molecular complexity index is 955. The van der Waals surface area contributed by atoms with Crippen LogP contribution in [0.2, 0.25) is 0 Å². The van der Waals surface area contributed by atoms with Crippen LogP contribution in [0.1, 0.15) is 54.9 Å².